The number of rotatable bonds is 1. The number of nitrogens with two attached hydrogens (primary N) is 1. The van der Waals surface area contributed by atoms with Crippen molar-refractivity contribution in [3.8, 4) is 17.2 Å². The molecule has 4 nitrogen and oxygen atoms in total. The lowest BCUT2D eigenvalue weighted by Crippen LogP contribution is -2.24. The van der Waals surface area contributed by atoms with Crippen molar-refractivity contribution in [2.24, 2.45) is 5.73 Å². The third kappa shape index (κ3) is 2.12. The van der Waals surface area contributed by atoms with Gasteiger partial charge in [0.25, 0.3) is 0 Å². The van der Waals surface area contributed by atoms with Crippen molar-refractivity contribution in [2.45, 2.75) is 25.5 Å². The van der Waals surface area contributed by atoms with Crippen LogP contribution in [-0.2, 0) is 0 Å². The van der Waals surface area contributed by atoms with Gasteiger partial charge in [-0.15, -0.1) is 0 Å². The van der Waals surface area contributed by atoms with Crippen LogP contribution in [-0.4, -0.2) is 6.79 Å². The summed E-state index contributed by atoms with van der Waals surface area (Å²) in [4.78, 5) is 0. The molecule has 4 heteroatoms. The molecule has 4 rings (SSSR count). The smallest absolute Gasteiger partial charge is 0.231 e. The minimum Gasteiger partial charge on any atom is -0.485 e. The normalized spacial score (nSPS) is 22.6. The highest BCUT2D eigenvalue weighted by Crippen LogP contribution is 2.42. The van der Waals surface area contributed by atoms with E-state index < -0.39 is 0 Å². The van der Waals surface area contributed by atoms with Crippen LogP contribution in [0.15, 0.2) is 36.4 Å². The first kappa shape index (κ1) is 12.5. The molecular weight excluding hydrogens is 266 g/mol. The van der Waals surface area contributed by atoms with Crippen LogP contribution in [0.3, 0.4) is 0 Å². The standard InChI is InChI=1S/C17H17NO3/c1-10-2-4-14-12(6-10)13(18)8-16(21-14)11-3-5-15-17(7-11)20-9-19-15/h2-7,13,16H,8-9,18H2,1H3/t13-,16?/m1/s1. The molecule has 2 aromatic carbocycles. The zero-order valence-electron chi connectivity index (χ0n) is 11.8. The number of benzene rings is 2. The van der Waals surface area contributed by atoms with Gasteiger partial charge in [-0.2, -0.15) is 0 Å². The third-order valence-corrected chi connectivity index (χ3v) is 4.07. The van der Waals surface area contributed by atoms with Gasteiger partial charge >= 0.3 is 0 Å². The second kappa shape index (κ2) is 4.67. The van der Waals surface area contributed by atoms with E-state index in [1.54, 1.807) is 0 Å². The first-order chi connectivity index (χ1) is 10.2. The first-order valence-corrected chi connectivity index (χ1v) is 7.13. The van der Waals surface area contributed by atoms with Crippen LogP contribution in [0.4, 0.5) is 0 Å². The summed E-state index contributed by atoms with van der Waals surface area (Å²) in [5.74, 6) is 2.44. The Balaban J connectivity index is 1.67. The third-order valence-electron chi connectivity index (χ3n) is 4.07. The highest BCUT2D eigenvalue weighted by atomic mass is 16.7. The maximum Gasteiger partial charge on any atom is 0.231 e. The van der Waals surface area contributed by atoms with Crippen LogP contribution in [0.2, 0.25) is 0 Å². The fourth-order valence-electron chi connectivity index (χ4n) is 2.94. The summed E-state index contributed by atoms with van der Waals surface area (Å²) in [5, 5.41) is 0. The maximum absolute atomic E-state index is 6.32. The molecule has 2 N–H and O–H groups in total. The second-order valence-corrected chi connectivity index (χ2v) is 5.60. The predicted octanol–water partition coefficient (Wildman–Crippen LogP) is 3.25. The van der Waals surface area contributed by atoms with Crippen LogP contribution in [0.25, 0.3) is 0 Å². The monoisotopic (exact) mass is 283 g/mol. The molecule has 2 atom stereocenters. The van der Waals surface area contributed by atoms with Gasteiger partial charge in [-0.05, 0) is 30.7 Å². The number of fused-ring (bicyclic) bond motifs is 2. The molecule has 2 aliphatic rings. The average molecular weight is 283 g/mol. The Bertz CT molecular complexity index is 698. The largest absolute Gasteiger partial charge is 0.485 e. The Hall–Kier alpha value is -2.20. The van der Waals surface area contributed by atoms with E-state index in [0.29, 0.717) is 0 Å². The molecule has 0 bridgehead atoms. The molecule has 0 saturated carbocycles. The van der Waals surface area contributed by atoms with E-state index in [4.69, 9.17) is 19.9 Å². The van der Waals surface area contributed by atoms with Crippen molar-refractivity contribution in [1.82, 2.24) is 0 Å². The lowest BCUT2D eigenvalue weighted by atomic mass is 9.92. The van der Waals surface area contributed by atoms with Crippen LogP contribution in [0.1, 0.15) is 35.3 Å². The lowest BCUT2D eigenvalue weighted by molar-refractivity contribution is 0.160. The molecular formula is C17H17NO3. The SMILES string of the molecule is Cc1ccc2c(c1)[C@H](N)CC(c1ccc3c(c1)OCO3)O2. The molecule has 0 fully saturated rings. The van der Waals surface area contributed by atoms with E-state index in [0.717, 1.165) is 34.8 Å². The zero-order chi connectivity index (χ0) is 14.4. The van der Waals surface area contributed by atoms with Crippen LogP contribution in [0.5, 0.6) is 17.2 Å². The molecule has 2 aliphatic heterocycles. The number of aryl methyl sites for hydroxylation is 1. The van der Waals surface area contributed by atoms with Crippen molar-refractivity contribution < 1.29 is 14.2 Å². The molecule has 0 saturated heterocycles. The first-order valence-electron chi connectivity index (χ1n) is 7.13. The Morgan fingerprint density at radius 1 is 1.00 bits per heavy atom. The molecule has 0 aliphatic carbocycles. The van der Waals surface area contributed by atoms with Gasteiger partial charge in [0.15, 0.2) is 11.5 Å². The molecule has 0 amide bonds. The van der Waals surface area contributed by atoms with E-state index >= 15 is 0 Å². The summed E-state index contributed by atoms with van der Waals surface area (Å²) in [6.45, 7) is 2.35. The maximum atomic E-state index is 6.32. The minimum absolute atomic E-state index is 0.0101. The van der Waals surface area contributed by atoms with Crippen molar-refractivity contribution in [3.05, 3.63) is 53.1 Å². The summed E-state index contributed by atoms with van der Waals surface area (Å²) >= 11 is 0. The molecule has 0 aromatic heterocycles. The molecule has 0 radical (unpaired) electrons. The summed E-state index contributed by atoms with van der Waals surface area (Å²) in [6.07, 6.45) is 0.709. The van der Waals surface area contributed by atoms with Gasteiger partial charge in [-0.25, -0.2) is 0 Å². The molecule has 0 spiro atoms. The number of ether oxygens (including phenoxy) is 3. The highest BCUT2D eigenvalue weighted by molar-refractivity contribution is 5.47. The second-order valence-electron chi connectivity index (χ2n) is 5.60. The summed E-state index contributed by atoms with van der Waals surface area (Å²) < 4.78 is 16.9. The van der Waals surface area contributed by atoms with Gasteiger partial charge in [0.1, 0.15) is 11.9 Å². The van der Waals surface area contributed by atoms with Crippen molar-refractivity contribution in [2.75, 3.05) is 6.79 Å². The minimum atomic E-state index is -0.0512. The Morgan fingerprint density at radius 2 is 1.81 bits per heavy atom. The topological polar surface area (TPSA) is 53.7 Å². The summed E-state index contributed by atoms with van der Waals surface area (Å²) in [6, 6.07) is 12.1. The Morgan fingerprint density at radius 3 is 2.71 bits per heavy atom. The highest BCUT2D eigenvalue weighted by Gasteiger charge is 2.28. The Labute approximate surface area is 123 Å². The molecule has 2 heterocycles. The van der Waals surface area contributed by atoms with Crippen LogP contribution >= 0.6 is 0 Å². The van der Waals surface area contributed by atoms with Crippen molar-refractivity contribution >= 4 is 0 Å². The quantitative estimate of drug-likeness (QED) is 0.873. The van der Waals surface area contributed by atoms with Gasteiger partial charge in [0.05, 0.1) is 0 Å². The lowest BCUT2D eigenvalue weighted by Gasteiger charge is -2.31. The molecule has 1 unspecified atom stereocenters. The van der Waals surface area contributed by atoms with Gasteiger partial charge in [-0.3, -0.25) is 0 Å². The molecule has 2 aromatic rings. The summed E-state index contributed by atoms with van der Waals surface area (Å²) in [7, 11) is 0. The average Bonchev–Trinajstić information content (AvgIpc) is 2.95. The van der Waals surface area contributed by atoms with Gasteiger partial charge in [0, 0.05) is 18.0 Å². The van der Waals surface area contributed by atoms with E-state index in [1.165, 1.54) is 5.56 Å². The molecule has 108 valence electrons. The van der Waals surface area contributed by atoms with Crippen molar-refractivity contribution in [3.63, 3.8) is 0 Å². The van der Waals surface area contributed by atoms with Crippen molar-refractivity contribution in [1.29, 1.82) is 0 Å². The van der Waals surface area contributed by atoms with Gasteiger partial charge < -0.3 is 19.9 Å². The predicted molar refractivity (Wildman–Crippen MR) is 78.7 cm³/mol. The van der Waals surface area contributed by atoms with Crippen LogP contribution in [0, 0.1) is 6.92 Å². The summed E-state index contributed by atoms with van der Waals surface area (Å²) in [5.41, 5.74) is 9.68. The number of hydrogen-bond donors (Lipinski definition) is 1. The van der Waals surface area contributed by atoms with E-state index in [2.05, 4.69) is 13.0 Å². The van der Waals surface area contributed by atoms with Gasteiger partial charge in [-0.1, -0.05) is 23.8 Å². The van der Waals surface area contributed by atoms with E-state index in [-0.39, 0.29) is 18.9 Å². The van der Waals surface area contributed by atoms with Gasteiger partial charge in [0.2, 0.25) is 6.79 Å². The fraction of sp³-hybridized carbons (Fsp3) is 0.294. The number of hydrogen-bond acceptors (Lipinski definition) is 4. The zero-order valence-corrected chi connectivity index (χ0v) is 11.8. The fourth-order valence-corrected chi connectivity index (χ4v) is 2.94. The molecule has 21 heavy (non-hydrogen) atoms. The van der Waals surface area contributed by atoms with E-state index in [9.17, 15) is 0 Å². The Kier molecular flexibility index (Phi) is 2.79. The van der Waals surface area contributed by atoms with Crippen LogP contribution < -0.4 is 19.9 Å². The van der Waals surface area contributed by atoms with E-state index in [1.807, 2.05) is 30.3 Å².